The smallest absolute Gasteiger partial charge is 0.306 e. The zero-order valence-corrected chi connectivity index (χ0v) is 11.8. The first-order valence-electron chi connectivity index (χ1n) is 5.65. The number of carbonyl (C=O) groups is 2. The van der Waals surface area contributed by atoms with Crippen LogP contribution in [0, 0.1) is 0 Å². The Bertz CT molecular complexity index is 245. The van der Waals surface area contributed by atoms with E-state index in [1.54, 1.807) is 13.8 Å². The number of esters is 2. The molecule has 5 heteroatoms. The molecule has 0 rings (SSSR count). The summed E-state index contributed by atoms with van der Waals surface area (Å²) in [6, 6.07) is 0. The third kappa shape index (κ3) is 5.30. The van der Waals surface area contributed by atoms with Crippen molar-refractivity contribution in [3.05, 3.63) is 0 Å². The molecule has 1 atom stereocenters. The lowest BCUT2D eigenvalue weighted by molar-refractivity contribution is -0.149. The molecule has 0 saturated heterocycles. The summed E-state index contributed by atoms with van der Waals surface area (Å²) < 4.78 is 9.87. The number of ether oxygens (including phenoxy) is 2. The maximum atomic E-state index is 11.7. The van der Waals surface area contributed by atoms with E-state index in [-0.39, 0.29) is 23.9 Å². The van der Waals surface area contributed by atoms with Gasteiger partial charge in [0.1, 0.15) is 0 Å². The van der Waals surface area contributed by atoms with Gasteiger partial charge in [-0.3, -0.25) is 9.59 Å². The maximum Gasteiger partial charge on any atom is 0.306 e. The lowest BCUT2D eigenvalue weighted by atomic mass is 10.3. The van der Waals surface area contributed by atoms with E-state index in [0.29, 0.717) is 13.2 Å². The van der Waals surface area contributed by atoms with Gasteiger partial charge in [-0.1, -0.05) is 19.6 Å². The molecule has 4 nitrogen and oxygen atoms in total. The first kappa shape index (κ1) is 15.2. The number of carbonyl (C=O) groups excluding carboxylic acids is 2. The average molecular weight is 246 g/mol. The molecule has 0 aromatic carbocycles. The molecule has 0 heterocycles. The van der Waals surface area contributed by atoms with E-state index in [1.165, 1.54) is 0 Å². The molecule has 1 unspecified atom stereocenters. The van der Waals surface area contributed by atoms with E-state index >= 15 is 0 Å². The Labute approximate surface area is 98.3 Å². The van der Waals surface area contributed by atoms with E-state index in [1.807, 2.05) is 19.6 Å². The van der Waals surface area contributed by atoms with E-state index in [0.717, 1.165) is 0 Å². The van der Waals surface area contributed by atoms with Gasteiger partial charge in [-0.15, -0.1) is 0 Å². The second kappa shape index (κ2) is 6.68. The fourth-order valence-corrected chi connectivity index (χ4v) is 2.94. The zero-order valence-electron chi connectivity index (χ0n) is 10.8. The second-order valence-electron chi connectivity index (χ2n) is 4.68. The van der Waals surface area contributed by atoms with Crippen LogP contribution < -0.4 is 0 Å². The Hall–Kier alpha value is -0.843. The number of rotatable bonds is 6. The van der Waals surface area contributed by atoms with Gasteiger partial charge in [-0.2, -0.15) is 0 Å². The molecule has 0 bridgehead atoms. The van der Waals surface area contributed by atoms with Crippen LogP contribution >= 0.6 is 0 Å². The highest BCUT2D eigenvalue weighted by Crippen LogP contribution is 2.27. The summed E-state index contributed by atoms with van der Waals surface area (Å²) in [5, 5.41) is 0. The lowest BCUT2D eigenvalue weighted by Gasteiger charge is -2.26. The summed E-state index contributed by atoms with van der Waals surface area (Å²) in [6.07, 6.45) is 0.141. The van der Waals surface area contributed by atoms with Crippen molar-refractivity contribution in [2.45, 2.75) is 45.5 Å². The van der Waals surface area contributed by atoms with Crippen molar-refractivity contribution in [2.75, 3.05) is 13.2 Å². The Kier molecular flexibility index (Phi) is 6.33. The first-order chi connectivity index (χ1) is 7.32. The highest BCUT2D eigenvalue weighted by molar-refractivity contribution is 6.80. The maximum absolute atomic E-state index is 11.7. The van der Waals surface area contributed by atoms with Gasteiger partial charge in [0.15, 0.2) is 0 Å². The van der Waals surface area contributed by atoms with Gasteiger partial charge in [0.2, 0.25) is 0 Å². The summed E-state index contributed by atoms with van der Waals surface area (Å²) in [4.78, 5) is 23.1. The molecule has 0 aliphatic heterocycles. The van der Waals surface area contributed by atoms with Gasteiger partial charge in [0.05, 0.1) is 33.2 Å². The predicted molar refractivity (Wildman–Crippen MR) is 65.0 cm³/mol. The highest BCUT2D eigenvalue weighted by Gasteiger charge is 2.36. The minimum absolute atomic E-state index is 0.141. The molecule has 0 aromatic rings. The molecule has 16 heavy (non-hydrogen) atoms. The molecule has 0 aliphatic rings. The molecule has 0 aromatic heterocycles. The SMILES string of the molecule is CCOC(=O)CC(C(=O)OCC)[Si](C)(C)C. The summed E-state index contributed by atoms with van der Waals surface area (Å²) in [7, 11) is -1.75. The highest BCUT2D eigenvalue weighted by atomic mass is 28.3. The topological polar surface area (TPSA) is 52.6 Å². The van der Waals surface area contributed by atoms with Crippen molar-refractivity contribution in [3.8, 4) is 0 Å². The van der Waals surface area contributed by atoms with Crippen LogP contribution in [0.25, 0.3) is 0 Å². The Morgan fingerprint density at radius 3 is 1.94 bits per heavy atom. The van der Waals surface area contributed by atoms with Crippen molar-refractivity contribution in [3.63, 3.8) is 0 Å². The van der Waals surface area contributed by atoms with Gasteiger partial charge in [0, 0.05) is 0 Å². The summed E-state index contributed by atoms with van der Waals surface area (Å²) in [5.74, 6) is -0.585. The van der Waals surface area contributed by atoms with Gasteiger partial charge in [-0.25, -0.2) is 0 Å². The molecule has 0 saturated carbocycles. The van der Waals surface area contributed by atoms with Crippen LogP contribution in [-0.4, -0.2) is 33.2 Å². The largest absolute Gasteiger partial charge is 0.466 e. The number of hydrogen-bond acceptors (Lipinski definition) is 4. The molecule has 0 amide bonds. The van der Waals surface area contributed by atoms with E-state index < -0.39 is 8.07 Å². The van der Waals surface area contributed by atoms with Crippen molar-refractivity contribution in [1.82, 2.24) is 0 Å². The van der Waals surface area contributed by atoms with Crippen LogP contribution in [0.2, 0.25) is 25.2 Å². The second-order valence-corrected chi connectivity index (χ2v) is 10.1. The van der Waals surface area contributed by atoms with Gasteiger partial charge < -0.3 is 9.47 Å². The fourth-order valence-electron chi connectivity index (χ4n) is 1.37. The molecule has 0 spiro atoms. The Balaban J connectivity index is 4.57. The van der Waals surface area contributed by atoms with Crippen LogP contribution in [0.1, 0.15) is 20.3 Å². The standard InChI is InChI=1S/C11H22O4Si/c1-6-14-10(12)8-9(16(3,4)5)11(13)15-7-2/h9H,6-8H2,1-5H3. The van der Waals surface area contributed by atoms with Crippen LogP contribution in [0.15, 0.2) is 0 Å². The third-order valence-corrected chi connectivity index (χ3v) is 4.82. The normalized spacial score (nSPS) is 13.1. The molecular weight excluding hydrogens is 224 g/mol. The first-order valence-corrected chi connectivity index (χ1v) is 9.22. The summed E-state index contributed by atoms with van der Waals surface area (Å²) in [6.45, 7) is 10.4. The van der Waals surface area contributed by atoms with Crippen molar-refractivity contribution in [1.29, 1.82) is 0 Å². The van der Waals surface area contributed by atoms with Gasteiger partial charge in [-0.05, 0) is 13.8 Å². The predicted octanol–water partition coefficient (Wildman–Crippen LogP) is 2.21. The molecule has 0 aliphatic carbocycles. The quantitative estimate of drug-likeness (QED) is 0.532. The van der Waals surface area contributed by atoms with Gasteiger partial charge >= 0.3 is 11.9 Å². The number of hydrogen-bond donors (Lipinski definition) is 0. The van der Waals surface area contributed by atoms with Crippen molar-refractivity contribution < 1.29 is 19.1 Å². The van der Waals surface area contributed by atoms with Crippen LogP contribution in [-0.2, 0) is 19.1 Å². The zero-order chi connectivity index (χ0) is 12.8. The minimum Gasteiger partial charge on any atom is -0.466 e. The summed E-state index contributed by atoms with van der Waals surface area (Å²) in [5.41, 5.74) is -0.313. The van der Waals surface area contributed by atoms with Crippen LogP contribution in [0.3, 0.4) is 0 Å². The summed E-state index contributed by atoms with van der Waals surface area (Å²) >= 11 is 0. The van der Waals surface area contributed by atoms with Crippen molar-refractivity contribution in [2.24, 2.45) is 0 Å². The van der Waals surface area contributed by atoms with Gasteiger partial charge in [0.25, 0.3) is 0 Å². The molecule has 0 fully saturated rings. The third-order valence-electron chi connectivity index (χ3n) is 2.29. The van der Waals surface area contributed by atoms with Crippen LogP contribution in [0.4, 0.5) is 0 Å². The molecule has 0 radical (unpaired) electrons. The van der Waals surface area contributed by atoms with E-state index in [4.69, 9.17) is 9.47 Å². The van der Waals surface area contributed by atoms with E-state index in [2.05, 4.69) is 0 Å². The molecular formula is C11H22O4Si. The Morgan fingerprint density at radius 1 is 1.06 bits per heavy atom. The van der Waals surface area contributed by atoms with Crippen molar-refractivity contribution >= 4 is 20.0 Å². The average Bonchev–Trinajstić information content (AvgIpc) is 2.13. The monoisotopic (exact) mass is 246 g/mol. The Morgan fingerprint density at radius 2 is 1.56 bits per heavy atom. The minimum atomic E-state index is -1.75. The van der Waals surface area contributed by atoms with Crippen LogP contribution in [0.5, 0.6) is 0 Å². The molecule has 0 N–H and O–H groups in total. The fraction of sp³-hybridized carbons (Fsp3) is 0.818. The van der Waals surface area contributed by atoms with E-state index in [9.17, 15) is 9.59 Å². The lowest BCUT2D eigenvalue weighted by Crippen LogP contribution is -2.36. The molecule has 94 valence electrons.